The summed E-state index contributed by atoms with van der Waals surface area (Å²) in [7, 11) is 0. The van der Waals surface area contributed by atoms with Gasteiger partial charge in [-0.15, -0.1) is 0 Å². The second-order valence-electron chi connectivity index (χ2n) is 2.08. The van der Waals surface area contributed by atoms with Crippen molar-refractivity contribution in [3.63, 3.8) is 0 Å². The van der Waals surface area contributed by atoms with Gasteiger partial charge in [-0.2, -0.15) is 0 Å². The molecule has 6 heteroatoms. The summed E-state index contributed by atoms with van der Waals surface area (Å²) in [5.41, 5.74) is 0. The first kappa shape index (κ1) is 10.9. The zero-order valence-electron chi connectivity index (χ0n) is 6.38. The van der Waals surface area contributed by atoms with Gasteiger partial charge in [0.2, 0.25) is 0 Å². The zero-order chi connectivity index (χ0) is 9.68. The SMILES string of the molecule is S=C(NCl)NSc1ccc(Cl)cc1. The molecule has 0 aliphatic carbocycles. The van der Waals surface area contributed by atoms with E-state index >= 15 is 0 Å². The lowest BCUT2D eigenvalue weighted by Gasteiger charge is -2.03. The molecule has 1 aromatic carbocycles. The third-order valence-electron chi connectivity index (χ3n) is 1.16. The van der Waals surface area contributed by atoms with Crippen LogP contribution < -0.4 is 9.56 Å². The fourth-order valence-corrected chi connectivity index (χ4v) is 1.52. The highest BCUT2D eigenvalue weighted by atomic mass is 35.5. The molecule has 2 nitrogen and oxygen atoms in total. The molecule has 0 aliphatic rings. The second-order valence-corrected chi connectivity index (χ2v) is 3.99. The first-order valence-electron chi connectivity index (χ1n) is 3.31. The maximum atomic E-state index is 5.71. The summed E-state index contributed by atoms with van der Waals surface area (Å²) in [6.45, 7) is 0. The summed E-state index contributed by atoms with van der Waals surface area (Å²) >= 11 is 17.1. The molecule has 2 N–H and O–H groups in total. The van der Waals surface area contributed by atoms with Crippen molar-refractivity contribution in [3.05, 3.63) is 29.3 Å². The summed E-state index contributed by atoms with van der Waals surface area (Å²) in [6, 6.07) is 7.39. The summed E-state index contributed by atoms with van der Waals surface area (Å²) < 4.78 is 2.83. The van der Waals surface area contributed by atoms with Crippen LogP contribution in [0.25, 0.3) is 0 Å². The van der Waals surface area contributed by atoms with Crippen molar-refractivity contribution in [1.29, 1.82) is 0 Å². The fourth-order valence-electron chi connectivity index (χ4n) is 0.627. The fraction of sp³-hybridized carbons (Fsp3) is 0. The van der Waals surface area contributed by atoms with Crippen LogP contribution in [0, 0.1) is 0 Å². The largest absolute Gasteiger partial charge is 0.302 e. The monoisotopic (exact) mass is 252 g/mol. The molecule has 0 atom stereocenters. The molecule has 0 saturated heterocycles. The highest BCUT2D eigenvalue weighted by Crippen LogP contribution is 2.17. The molecule has 13 heavy (non-hydrogen) atoms. The molecule has 70 valence electrons. The molecule has 0 saturated carbocycles. The highest BCUT2D eigenvalue weighted by Gasteiger charge is 1.95. The van der Waals surface area contributed by atoms with Gasteiger partial charge in [0.1, 0.15) is 0 Å². The van der Waals surface area contributed by atoms with E-state index in [-0.39, 0.29) is 0 Å². The molecule has 0 unspecified atom stereocenters. The lowest BCUT2D eigenvalue weighted by atomic mass is 10.4. The number of hydrogen-bond donors (Lipinski definition) is 2. The third-order valence-corrected chi connectivity index (χ3v) is 2.86. The molecule has 0 aliphatic heterocycles. The molecule has 0 spiro atoms. The van der Waals surface area contributed by atoms with E-state index in [2.05, 4.69) is 9.56 Å². The van der Waals surface area contributed by atoms with Crippen molar-refractivity contribution < 1.29 is 0 Å². The van der Waals surface area contributed by atoms with Crippen LogP contribution >= 0.6 is 47.5 Å². The molecule has 0 radical (unpaired) electrons. The number of hydrogen-bond acceptors (Lipinski definition) is 2. The predicted molar refractivity (Wildman–Crippen MR) is 62.0 cm³/mol. The molecule has 0 amide bonds. The average molecular weight is 253 g/mol. The quantitative estimate of drug-likeness (QED) is 0.480. The number of rotatable bonds is 2. The number of nitrogens with one attached hydrogen (secondary N) is 2. The van der Waals surface area contributed by atoms with Gasteiger partial charge >= 0.3 is 0 Å². The Labute approximate surface area is 96.2 Å². The van der Waals surface area contributed by atoms with Crippen LogP contribution in [0.15, 0.2) is 29.2 Å². The normalized spacial score (nSPS) is 9.38. The van der Waals surface area contributed by atoms with Gasteiger partial charge < -0.3 is 4.72 Å². The number of halogens is 2. The second kappa shape index (κ2) is 5.54. The molecule has 0 heterocycles. The van der Waals surface area contributed by atoms with Crippen molar-refractivity contribution in [3.8, 4) is 0 Å². The van der Waals surface area contributed by atoms with E-state index in [1.165, 1.54) is 11.9 Å². The summed E-state index contributed by atoms with van der Waals surface area (Å²) in [6.07, 6.45) is 0. The number of thiocarbonyl (C=S) groups is 1. The standard InChI is InChI=1S/C7H6Cl2N2S2/c8-5-1-3-6(4-2-5)13-11-7(12)10-9/h1-4H,(H2,10,11,12). The van der Waals surface area contributed by atoms with Crippen LogP contribution in [-0.2, 0) is 0 Å². The van der Waals surface area contributed by atoms with Gasteiger partial charge in [-0.25, -0.2) is 0 Å². The molecule has 1 rings (SSSR count). The van der Waals surface area contributed by atoms with Gasteiger partial charge in [-0.05, 0) is 48.4 Å². The molecular formula is C7H6Cl2N2S2. The Morgan fingerprint density at radius 3 is 2.46 bits per heavy atom. The minimum atomic E-state index is 0.376. The summed E-state index contributed by atoms with van der Waals surface area (Å²) in [5.74, 6) is 0. The zero-order valence-corrected chi connectivity index (χ0v) is 9.53. The predicted octanol–water partition coefficient (Wildman–Crippen LogP) is 2.97. The van der Waals surface area contributed by atoms with Crippen molar-refractivity contribution in [2.45, 2.75) is 4.90 Å². The van der Waals surface area contributed by atoms with E-state index in [1.54, 1.807) is 0 Å². The van der Waals surface area contributed by atoms with Crippen LogP contribution in [0.3, 0.4) is 0 Å². The van der Waals surface area contributed by atoms with E-state index in [0.717, 1.165) is 4.90 Å². The summed E-state index contributed by atoms with van der Waals surface area (Å²) in [4.78, 5) is 3.30. The Bertz CT molecular complexity index is 289. The molecular weight excluding hydrogens is 247 g/mol. The van der Waals surface area contributed by atoms with Crippen LogP contribution in [0.4, 0.5) is 0 Å². The van der Waals surface area contributed by atoms with Crippen LogP contribution in [0.1, 0.15) is 0 Å². The number of benzene rings is 1. The van der Waals surface area contributed by atoms with E-state index in [1.807, 2.05) is 24.3 Å². The maximum Gasteiger partial charge on any atom is 0.191 e. The first-order valence-corrected chi connectivity index (χ1v) is 5.29. The van der Waals surface area contributed by atoms with E-state index in [4.69, 9.17) is 35.6 Å². The lowest BCUT2D eigenvalue weighted by molar-refractivity contribution is 1.37. The summed E-state index contributed by atoms with van der Waals surface area (Å²) in [5, 5.41) is 1.09. The maximum absolute atomic E-state index is 5.71. The van der Waals surface area contributed by atoms with E-state index in [0.29, 0.717) is 10.1 Å². The van der Waals surface area contributed by atoms with Gasteiger partial charge in [-0.1, -0.05) is 11.6 Å². The third kappa shape index (κ3) is 4.04. The minimum absolute atomic E-state index is 0.376. The Morgan fingerprint density at radius 1 is 1.31 bits per heavy atom. The first-order chi connectivity index (χ1) is 6.22. The van der Waals surface area contributed by atoms with Crippen LogP contribution in [-0.4, -0.2) is 5.11 Å². The van der Waals surface area contributed by atoms with Crippen molar-refractivity contribution in [1.82, 2.24) is 9.56 Å². The van der Waals surface area contributed by atoms with Gasteiger partial charge in [-0.3, -0.25) is 4.84 Å². The molecule has 0 aromatic heterocycles. The average Bonchev–Trinajstić information content (AvgIpc) is 2.16. The minimum Gasteiger partial charge on any atom is -0.302 e. The molecule has 1 aromatic rings. The van der Waals surface area contributed by atoms with Gasteiger partial charge in [0, 0.05) is 21.7 Å². The molecule has 0 bridgehead atoms. The smallest absolute Gasteiger partial charge is 0.191 e. The lowest BCUT2D eigenvalue weighted by Crippen LogP contribution is -2.23. The van der Waals surface area contributed by atoms with Gasteiger partial charge in [0.05, 0.1) is 0 Å². The topological polar surface area (TPSA) is 24.1 Å². The Kier molecular flexibility index (Phi) is 4.66. The van der Waals surface area contributed by atoms with E-state index in [9.17, 15) is 0 Å². The van der Waals surface area contributed by atoms with Gasteiger partial charge in [0.15, 0.2) is 5.11 Å². The van der Waals surface area contributed by atoms with Crippen molar-refractivity contribution in [2.24, 2.45) is 0 Å². The highest BCUT2D eigenvalue weighted by molar-refractivity contribution is 7.99. The molecule has 0 fully saturated rings. The Hall–Kier alpha value is -0.160. The van der Waals surface area contributed by atoms with Crippen molar-refractivity contribution in [2.75, 3.05) is 0 Å². The van der Waals surface area contributed by atoms with Gasteiger partial charge in [0.25, 0.3) is 0 Å². The Morgan fingerprint density at radius 2 is 1.92 bits per heavy atom. The van der Waals surface area contributed by atoms with Crippen LogP contribution in [0.2, 0.25) is 5.02 Å². The Balaban J connectivity index is 2.46. The van der Waals surface area contributed by atoms with E-state index < -0.39 is 0 Å². The van der Waals surface area contributed by atoms with Crippen LogP contribution in [0.5, 0.6) is 0 Å². The van der Waals surface area contributed by atoms with Crippen molar-refractivity contribution >= 4 is 52.7 Å².